The zero-order valence-electron chi connectivity index (χ0n) is 30.8. The van der Waals surface area contributed by atoms with E-state index in [-0.39, 0.29) is 45.7 Å². The van der Waals surface area contributed by atoms with Crippen molar-refractivity contribution in [1.82, 2.24) is 0 Å². The van der Waals surface area contributed by atoms with Gasteiger partial charge in [0.25, 0.3) is 0 Å². The van der Waals surface area contributed by atoms with Crippen LogP contribution in [0.25, 0.3) is 87.6 Å². The third-order valence-electron chi connectivity index (χ3n) is 8.29. The summed E-state index contributed by atoms with van der Waals surface area (Å²) in [7, 11) is 0. The number of furan rings is 1. The van der Waals surface area contributed by atoms with Crippen LogP contribution in [0.15, 0.2) is 162 Å². The van der Waals surface area contributed by atoms with Crippen molar-refractivity contribution in [3.05, 3.63) is 158 Å². The summed E-state index contributed by atoms with van der Waals surface area (Å²) in [6.45, 7) is 0. The predicted octanol–water partition coefficient (Wildman–Crippen LogP) is 12.0. The Kier molecular flexibility index (Phi) is 3.80. The molecule has 200 valence electrons. The van der Waals surface area contributed by atoms with Gasteiger partial charge >= 0.3 is 0 Å². The molecule has 0 aliphatic rings. The van der Waals surface area contributed by atoms with Gasteiger partial charge in [0, 0.05) is 16.3 Å². The van der Waals surface area contributed by atoms with Crippen LogP contribution in [-0.4, -0.2) is 0 Å². The Balaban J connectivity index is 1.55. The van der Waals surface area contributed by atoms with E-state index in [1.54, 1.807) is 24.3 Å². The van der Waals surface area contributed by atoms with E-state index in [9.17, 15) is 5.48 Å². The summed E-state index contributed by atoms with van der Waals surface area (Å²) in [4.78, 5) is 0. The minimum absolute atomic E-state index is 0.169. The minimum atomic E-state index is -0.436. The number of benzene rings is 8. The van der Waals surface area contributed by atoms with Crippen LogP contribution in [0.3, 0.4) is 0 Å². The molecule has 0 bridgehead atoms. The normalized spacial score (nSPS) is 14.3. The van der Waals surface area contributed by atoms with E-state index in [1.807, 2.05) is 60.7 Å². The number of hydrogen-bond donors (Lipinski definition) is 0. The Morgan fingerprint density at radius 1 is 0.442 bits per heavy atom. The second-order valence-electron chi connectivity index (χ2n) is 10.6. The highest BCUT2D eigenvalue weighted by atomic mass is 16.3. The molecule has 1 heterocycles. The van der Waals surface area contributed by atoms with Crippen LogP contribution in [0, 0.1) is 0 Å². The summed E-state index contributed by atoms with van der Waals surface area (Å²) in [6.07, 6.45) is 0. The average molecular weight is 555 g/mol. The molecular formula is C42H26O. The molecule has 9 rings (SSSR count). The highest BCUT2D eigenvalue weighted by Gasteiger charge is 2.22. The van der Waals surface area contributed by atoms with Crippen LogP contribution in [0.4, 0.5) is 0 Å². The highest BCUT2D eigenvalue weighted by molar-refractivity contribution is 6.26. The Labute approximate surface area is 260 Å². The smallest absolute Gasteiger partial charge is 0.143 e. The molecule has 0 saturated carbocycles. The van der Waals surface area contributed by atoms with E-state index in [2.05, 4.69) is 24.3 Å². The molecule has 1 heteroatoms. The summed E-state index contributed by atoms with van der Waals surface area (Å²) in [6, 6.07) is 31.8. The lowest BCUT2D eigenvalue weighted by Crippen LogP contribution is -1.91. The standard InChI is InChI=1S/C42H26O/c1-2-13-28(14-3-1)39-32-16-6-8-18-34(32)40(35-19-9-7-17-33(35)39)37-25-24-31(30-23-22-27-12-4-5-15-29(27)26-30)42-41(37)36-20-10-11-21-38(36)43-42/h1-26H/i6D,7D,8D,9D,16D,17D,18D,19D. The first-order chi connectivity index (χ1) is 24.7. The van der Waals surface area contributed by atoms with Gasteiger partial charge in [-0.15, -0.1) is 0 Å². The summed E-state index contributed by atoms with van der Waals surface area (Å²) in [5.74, 6) is 0. The number of fused-ring (bicyclic) bond motifs is 6. The van der Waals surface area contributed by atoms with Gasteiger partial charge in [-0.2, -0.15) is 0 Å². The van der Waals surface area contributed by atoms with Crippen molar-refractivity contribution in [3.63, 3.8) is 0 Å². The first-order valence-corrected chi connectivity index (χ1v) is 14.1. The van der Waals surface area contributed by atoms with E-state index in [1.165, 1.54) is 0 Å². The molecule has 8 aromatic carbocycles. The molecule has 0 spiro atoms. The van der Waals surface area contributed by atoms with Crippen molar-refractivity contribution < 1.29 is 15.4 Å². The van der Waals surface area contributed by atoms with Crippen molar-refractivity contribution in [1.29, 1.82) is 0 Å². The van der Waals surface area contributed by atoms with Gasteiger partial charge in [0.15, 0.2) is 0 Å². The van der Waals surface area contributed by atoms with E-state index in [0.717, 1.165) is 27.3 Å². The van der Waals surface area contributed by atoms with Crippen molar-refractivity contribution in [3.8, 4) is 33.4 Å². The van der Waals surface area contributed by atoms with E-state index in [0.29, 0.717) is 38.8 Å². The zero-order valence-corrected chi connectivity index (χ0v) is 22.8. The van der Waals surface area contributed by atoms with Gasteiger partial charge in [0.1, 0.15) is 11.2 Å². The number of hydrogen-bond acceptors (Lipinski definition) is 1. The monoisotopic (exact) mass is 554 g/mol. The molecule has 9 aromatic rings. The van der Waals surface area contributed by atoms with Gasteiger partial charge in [-0.05, 0) is 78.3 Å². The maximum atomic E-state index is 9.35. The number of rotatable bonds is 3. The molecule has 0 N–H and O–H groups in total. The second-order valence-corrected chi connectivity index (χ2v) is 10.6. The van der Waals surface area contributed by atoms with Crippen molar-refractivity contribution in [2.24, 2.45) is 0 Å². The summed E-state index contributed by atoms with van der Waals surface area (Å²) in [5.41, 5.74) is 4.62. The molecule has 0 saturated heterocycles. The van der Waals surface area contributed by atoms with Crippen molar-refractivity contribution in [2.75, 3.05) is 0 Å². The molecule has 0 aliphatic carbocycles. The third-order valence-corrected chi connectivity index (χ3v) is 8.29. The van der Waals surface area contributed by atoms with E-state index in [4.69, 9.17) is 9.90 Å². The Bertz CT molecular complexity index is 2870. The van der Waals surface area contributed by atoms with Crippen molar-refractivity contribution >= 4 is 54.3 Å². The SMILES string of the molecule is [2H]c1c([2H])c([2H])c2c(-c3ccc(-c4ccc5ccccc5c4)c4oc5ccccc5c34)c3c([2H])c([2H])c([2H])c([2H])c3c(-c3ccccc3)c2c1[2H]. The molecular weight excluding hydrogens is 520 g/mol. The van der Waals surface area contributed by atoms with Crippen LogP contribution < -0.4 is 0 Å². The molecule has 1 aromatic heterocycles. The first kappa shape index (κ1) is 17.3. The Morgan fingerprint density at radius 3 is 1.79 bits per heavy atom. The fourth-order valence-electron chi connectivity index (χ4n) is 6.41. The molecule has 0 aliphatic heterocycles. The van der Waals surface area contributed by atoms with Crippen LogP contribution in [0.5, 0.6) is 0 Å². The van der Waals surface area contributed by atoms with E-state index < -0.39 is 24.2 Å². The molecule has 0 radical (unpaired) electrons. The second kappa shape index (κ2) is 9.44. The first-order valence-electron chi connectivity index (χ1n) is 18.1. The zero-order chi connectivity index (χ0) is 35.3. The van der Waals surface area contributed by atoms with Crippen molar-refractivity contribution in [2.45, 2.75) is 0 Å². The molecule has 1 nitrogen and oxygen atoms in total. The maximum absolute atomic E-state index is 9.35. The highest BCUT2D eigenvalue weighted by Crippen LogP contribution is 2.48. The average Bonchev–Trinajstić information content (AvgIpc) is 3.56. The van der Waals surface area contributed by atoms with Gasteiger partial charge in [0.05, 0.1) is 11.0 Å². The summed E-state index contributed by atoms with van der Waals surface area (Å²) < 4.78 is 78.8. The lowest BCUT2D eigenvalue weighted by Gasteiger charge is -2.18. The molecule has 0 unspecified atom stereocenters. The van der Waals surface area contributed by atoms with Crippen LogP contribution in [-0.2, 0) is 0 Å². The molecule has 0 amide bonds. The Morgan fingerprint density at radius 2 is 1.05 bits per heavy atom. The van der Waals surface area contributed by atoms with Gasteiger partial charge in [0.2, 0.25) is 0 Å². The third kappa shape index (κ3) is 3.65. The van der Waals surface area contributed by atoms with Gasteiger partial charge < -0.3 is 4.42 Å². The van der Waals surface area contributed by atoms with Crippen LogP contribution in [0.1, 0.15) is 11.0 Å². The fourth-order valence-corrected chi connectivity index (χ4v) is 6.41. The quantitative estimate of drug-likeness (QED) is 0.198. The summed E-state index contributed by atoms with van der Waals surface area (Å²) >= 11 is 0. The van der Waals surface area contributed by atoms with E-state index >= 15 is 0 Å². The Hall–Kier alpha value is -5.66. The lowest BCUT2D eigenvalue weighted by molar-refractivity contribution is 0.670. The van der Waals surface area contributed by atoms with Crippen LogP contribution in [0.2, 0.25) is 0 Å². The van der Waals surface area contributed by atoms with Gasteiger partial charge in [-0.25, -0.2) is 0 Å². The maximum Gasteiger partial charge on any atom is 0.143 e. The summed E-state index contributed by atoms with van der Waals surface area (Å²) in [5, 5.41) is 4.29. The molecule has 43 heavy (non-hydrogen) atoms. The van der Waals surface area contributed by atoms with Crippen LogP contribution >= 0.6 is 0 Å². The topological polar surface area (TPSA) is 13.1 Å². The molecule has 0 atom stereocenters. The number of para-hydroxylation sites is 1. The predicted molar refractivity (Wildman–Crippen MR) is 183 cm³/mol. The lowest BCUT2D eigenvalue weighted by atomic mass is 9.84. The fraction of sp³-hybridized carbons (Fsp3) is 0. The molecule has 0 fully saturated rings. The largest absolute Gasteiger partial charge is 0.455 e. The minimum Gasteiger partial charge on any atom is -0.455 e. The van der Waals surface area contributed by atoms with Gasteiger partial charge in [-0.3, -0.25) is 0 Å². The van der Waals surface area contributed by atoms with Gasteiger partial charge in [-0.1, -0.05) is 139 Å².